The van der Waals surface area contributed by atoms with Gasteiger partial charge in [-0.2, -0.15) is 5.10 Å². The highest BCUT2D eigenvalue weighted by atomic mass is 16.5. The number of carbonyl (C=O) groups is 1. The lowest BCUT2D eigenvalue weighted by molar-refractivity contribution is 0.102. The smallest absolute Gasteiger partial charge is 0.255 e. The molecule has 1 aromatic carbocycles. The molecule has 0 fully saturated rings. The molecule has 0 aliphatic heterocycles. The van der Waals surface area contributed by atoms with Crippen LogP contribution >= 0.6 is 0 Å². The molecule has 0 saturated carbocycles. The molecule has 1 amide bonds. The molecule has 118 valence electrons. The van der Waals surface area contributed by atoms with Crippen LogP contribution in [0, 0.1) is 13.8 Å². The Morgan fingerprint density at radius 2 is 2.00 bits per heavy atom. The molecule has 2 aromatic rings. The van der Waals surface area contributed by atoms with Crippen LogP contribution in [0.1, 0.15) is 35.6 Å². The van der Waals surface area contributed by atoms with Crippen molar-refractivity contribution in [2.45, 2.75) is 33.8 Å². The van der Waals surface area contributed by atoms with Gasteiger partial charge in [0.1, 0.15) is 0 Å². The Balaban J connectivity index is 2.23. The summed E-state index contributed by atoms with van der Waals surface area (Å²) in [5.74, 6) is 0.925. The van der Waals surface area contributed by atoms with Gasteiger partial charge in [-0.25, -0.2) is 0 Å². The van der Waals surface area contributed by atoms with Gasteiger partial charge < -0.3 is 14.8 Å². The maximum atomic E-state index is 12.4. The lowest BCUT2D eigenvalue weighted by Crippen LogP contribution is -2.13. The molecule has 0 unspecified atom stereocenters. The van der Waals surface area contributed by atoms with Crippen LogP contribution in [0.3, 0.4) is 0 Å². The standard InChI is InChI=1S/C16H21N3O3/c1-9(2)22-13-7-6-12(8-14(13)21-5)16(20)17-15-10(3)18-19-11(15)4/h6-9H,1-5H3,(H,17,20)(H,18,19). The zero-order chi connectivity index (χ0) is 16.3. The molecular weight excluding hydrogens is 282 g/mol. The SMILES string of the molecule is COc1cc(C(=O)Nc2c(C)n[nH]c2C)ccc1OC(C)C. The molecule has 1 aromatic heterocycles. The number of anilines is 1. The highest BCUT2D eigenvalue weighted by Gasteiger charge is 2.15. The fourth-order valence-corrected chi connectivity index (χ4v) is 2.08. The maximum Gasteiger partial charge on any atom is 0.255 e. The molecule has 1 heterocycles. The molecule has 2 N–H and O–H groups in total. The number of benzene rings is 1. The average molecular weight is 303 g/mol. The second kappa shape index (κ2) is 6.51. The van der Waals surface area contributed by atoms with Crippen LogP contribution in [0.4, 0.5) is 5.69 Å². The van der Waals surface area contributed by atoms with Crippen LogP contribution < -0.4 is 14.8 Å². The Kier molecular flexibility index (Phi) is 4.70. The van der Waals surface area contributed by atoms with Crippen molar-refractivity contribution >= 4 is 11.6 Å². The lowest BCUT2D eigenvalue weighted by Gasteiger charge is -2.14. The third-order valence-electron chi connectivity index (χ3n) is 3.16. The van der Waals surface area contributed by atoms with Crippen molar-refractivity contribution in [1.82, 2.24) is 10.2 Å². The van der Waals surface area contributed by atoms with Gasteiger partial charge >= 0.3 is 0 Å². The van der Waals surface area contributed by atoms with E-state index < -0.39 is 0 Å². The summed E-state index contributed by atoms with van der Waals surface area (Å²) in [4.78, 5) is 12.4. The average Bonchev–Trinajstić information content (AvgIpc) is 2.78. The van der Waals surface area contributed by atoms with Gasteiger partial charge in [-0.1, -0.05) is 0 Å². The largest absolute Gasteiger partial charge is 0.493 e. The number of ether oxygens (including phenoxy) is 2. The third kappa shape index (κ3) is 3.39. The number of methoxy groups -OCH3 is 1. The van der Waals surface area contributed by atoms with Gasteiger partial charge in [0.05, 0.1) is 30.3 Å². The van der Waals surface area contributed by atoms with E-state index in [0.717, 1.165) is 11.4 Å². The number of aryl methyl sites for hydroxylation is 2. The first kappa shape index (κ1) is 15.9. The van der Waals surface area contributed by atoms with E-state index in [-0.39, 0.29) is 12.0 Å². The van der Waals surface area contributed by atoms with E-state index in [4.69, 9.17) is 9.47 Å². The van der Waals surface area contributed by atoms with Crippen molar-refractivity contribution in [3.63, 3.8) is 0 Å². The molecule has 6 nitrogen and oxygen atoms in total. The highest BCUT2D eigenvalue weighted by Crippen LogP contribution is 2.29. The molecule has 0 radical (unpaired) electrons. The number of aromatic nitrogens is 2. The van der Waals surface area contributed by atoms with Crippen LogP contribution in [0.25, 0.3) is 0 Å². The van der Waals surface area contributed by atoms with Gasteiger partial charge in [0.15, 0.2) is 11.5 Å². The molecule has 0 saturated heterocycles. The first-order chi connectivity index (χ1) is 10.4. The Morgan fingerprint density at radius 1 is 1.27 bits per heavy atom. The van der Waals surface area contributed by atoms with Crippen molar-refractivity contribution in [1.29, 1.82) is 0 Å². The van der Waals surface area contributed by atoms with Gasteiger partial charge in [-0.05, 0) is 45.9 Å². The minimum absolute atomic E-state index is 0.0322. The molecule has 22 heavy (non-hydrogen) atoms. The Hall–Kier alpha value is -2.50. The Bertz CT molecular complexity index is 658. The second-order valence-electron chi connectivity index (χ2n) is 5.30. The highest BCUT2D eigenvalue weighted by molar-refractivity contribution is 6.05. The number of hydrogen-bond donors (Lipinski definition) is 2. The van der Waals surface area contributed by atoms with E-state index in [1.807, 2.05) is 27.7 Å². The minimum atomic E-state index is -0.220. The van der Waals surface area contributed by atoms with Gasteiger partial charge in [-0.3, -0.25) is 9.89 Å². The second-order valence-corrected chi connectivity index (χ2v) is 5.30. The number of carbonyl (C=O) groups excluding carboxylic acids is 1. The number of rotatable bonds is 5. The fourth-order valence-electron chi connectivity index (χ4n) is 2.08. The molecule has 0 aliphatic carbocycles. The van der Waals surface area contributed by atoms with Crippen LogP contribution in [0.2, 0.25) is 0 Å². The van der Waals surface area contributed by atoms with E-state index in [1.165, 1.54) is 0 Å². The quantitative estimate of drug-likeness (QED) is 0.890. The summed E-state index contributed by atoms with van der Waals surface area (Å²) in [5.41, 5.74) is 2.76. The molecule has 6 heteroatoms. The summed E-state index contributed by atoms with van der Waals surface area (Å²) in [6.45, 7) is 7.56. The van der Waals surface area contributed by atoms with Gasteiger partial charge in [0, 0.05) is 5.56 Å². The molecule has 0 spiro atoms. The van der Waals surface area contributed by atoms with Crippen LogP contribution in [0.15, 0.2) is 18.2 Å². The van der Waals surface area contributed by atoms with Crippen molar-refractivity contribution in [2.24, 2.45) is 0 Å². The predicted molar refractivity (Wildman–Crippen MR) is 84.8 cm³/mol. The molecule has 0 bridgehead atoms. The van der Waals surface area contributed by atoms with Crippen LogP contribution in [0.5, 0.6) is 11.5 Å². The molecule has 0 atom stereocenters. The number of amides is 1. The van der Waals surface area contributed by atoms with Gasteiger partial charge in [0.2, 0.25) is 0 Å². The number of hydrogen-bond acceptors (Lipinski definition) is 4. The number of aromatic amines is 1. The van der Waals surface area contributed by atoms with E-state index in [0.29, 0.717) is 22.7 Å². The zero-order valence-electron chi connectivity index (χ0n) is 13.5. The third-order valence-corrected chi connectivity index (χ3v) is 3.16. The summed E-state index contributed by atoms with van der Waals surface area (Å²) in [6.07, 6.45) is 0.0322. The van der Waals surface area contributed by atoms with Crippen molar-refractivity contribution in [3.8, 4) is 11.5 Å². The topological polar surface area (TPSA) is 76.2 Å². The normalized spacial score (nSPS) is 10.6. The zero-order valence-corrected chi connectivity index (χ0v) is 13.5. The fraction of sp³-hybridized carbons (Fsp3) is 0.375. The van der Waals surface area contributed by atoms with E-state index in [2.05, 4.69) is 15.5 Å². The first-order valence-electron chi connectivity index (χ1n) is 7.10. The molecular formula is C16H21N3O3. The predicted octanol–water partition coefficient (Wildman–Crippen LogP) is 3.07. The van der Waals surface area contributed by atoms with Crippen LogP contribution in [-0.4, -0.2) is 29.3 Å². The van der Waals surface area contributed by atoms with Crippen molar-refractivity contribution in [3.05, 3.63) is 35.2 Å². The van der Waals surface area contributed by atoms with Gasteiger partial charge in [-0.15, -0.1) is 0 Å². The molecule has 0 aliphatic rings. The Morgan fingerprint density at radius 3 is 2.55 bits per heavy atom. The number of H-pyrrole nitrogens is 1. The van der Waals surface area contributed by atoms with Crippen molar-refractivity contribution < 1.29 is 14.3 Å². The summed E-state index contributed by atoms with van der Waals surface area (Å²) < 4.78 is 10.9. The van der Waals surface area contributed by atoms with Gasteiger partial charge in [0.25, 0.3) is 5.91 Å². The number of nitrogens with zero attached hydrogens (tertiary/aromatic N) is 1. The summed E-state index contributed by atoms with van der Waals surface area (Å²) in [6, 6.07) is 5.11. The van der Waals surface area contributed by atoms with E-state index >= 15 is 0 Å². The van der Waals surface area contributed by atoms with Crippen LogP contribution in [-0.2, 0) is 0 Å². The first-order valence-corrected chi connectivity index (χ1v) is 7.10. The van der Waals surface area contributed by atoms with Crippen molar-refractivity contribution in [2.75, 3.05) is 12.4 Å². The maximum absolute atomic E-state index is 12.4. The van der Waals surface area contributed by atoms with E-state index in [9.17, 15) is 4.79 Å². The minimum Gasteiger partial charge on any atom is -0.493 e. The summed E-state index contributed by atoms with van der Waals surface area (Å²) in [7, 11) is 1.55. The number of nitrogens with one attached hydrogen (secondary N) is 2. The lowest BCUT2D eigenvalue weighted by atomic mass is 10.1. The summed E-state index contributed by atoms with van der Waals surface area (Å²) >= 11 is 0. The summed E-state index contributed by atoms with van der Waals surface area (Å²) in [5, 5.41) is 9.75. The molecule has 2 rings (SSSR count). The monoisotopic (exact) mass is 303 g/mol. The Labute approximate surface area is 129 Å². The van der Waals surface area contributed by atoms with E-state index in [1.54, 1.807) is 25.3 Å².